The lowest BCUT2D eigenvalue weighted by molar-refractivity contribution is 0.0992. The fourth-order valence-electron chi connectivity index (χ4n) is 4.80. The van der Waals surface area contributed by atoms with Crippen LogP contribution in [0.3, 0.4) is 0 Å². The molecule has 0 fully saturated rings. The molecule has 43 heavy (non-hydrogen) atoms. The number of rotatable bonds is 11. The SMILES string of the molecule is CCC(C)c1ccc(OCc2ccc(C(=O)Nc3c(C(N)=O)sc4nc(C(F)F)cc(-c5cnn(CC)c5C)c34)o2)cc1. The van der Waals surface area contributed by atoms with Gasteiger partial charge in [0.1, 0.15) is 33.5 Å². The van der Waals surface area contributed by atoms with Gasteiger partial charge in [0.25, 0.3) is 18.2 Å². The van der Waals surface area contributed by atoms with E-state index in [1.165, 1.54) is 17.7 Å². The number of alkyl halides is 2. The van der Waals surface area contributed by atoms with Gasteiger partial charge in [-0.2, -0.15) is 5.10 Å². The Kier molecular flexibility index (Phi) is 8.58. The molecule has 0 aliphatic heterocycles. The number of hydrogen-bond acceptors (Lipinski definition) is 7. The summed E-state index contributed by atoms with van der Waals surface area (Å²) in [6.07, 6.45) is -0.257. The van der Waals surface area contributed by atoms with Crippen LogP contribution in [0, 0.1) is 6.92 Å². The second-order valence-corrected chi connectivity index (χ2v) is 11.1. The molecule has 0 radical (unpaired) electrons. The Bertz CT molecular complexity index is 1790. The standard InChI is InChI=1S/C31H31F2N5O4S/c1-5-16(3)18-7-9-19(10-8-18)41-15-20-11-12-24(42-20)30(40)37-26-25-21(22-14-35-38(6-2)17(22)4)13-23(28(32)33)36-31(25)43-27(26)29(34)39/h7-14,16,28H,5-6,15H2,1-4H3,(H2,34,39)(H,37,40). The van der Waals surface area contributed by atoms with Crippen molar-refractivity contribution in [1.29, 1.82) is 0 Å². The van der Waals surface area contributed by atoms with Crippen LogP contribution >= 0.6 is 11.3 Å². The number of carbonyl (C=O) groups excluding carboxylic acids is 2. The molecule has 0 aliphatic carbocycles. The summed E-state index contributed by atoms with van der Waals surface area (Å²) < 4.78 is 40.9. The van der Waals surface area contributed by atoms with Gasteiger partial charge in [0, 0.05) is 23.2 Å². The van der Waals surface area contributed by atoms with Crippen molar-refractivity contribution in [2.24, 2.45) is 5.73 Å². The number of furan rings is 1. The zero-order chi connectivity index (χ0) is 30.8. The zero-order valence-corrected chi connectivity index (χ0v) is 24.9. The number of aromatic nitrogens is 3. The minimum absolute atomic E-state index is 0.0278. The topological polar surface area (TPSA) is 125 Å². The van der Waals surface area contributed by atoms with E-state index >= 15 is 0 Å². The van der Waals surface area contributed by atoms with Crippen LogP contribution in [0.15, 0.2) is 53.1 Å². The summed E-state index contributed by atoms with van der Waals surface area (Å²) in [7, 11) is 0. The number of nitrogens with one attached hydrogen (secondary N) is 1. The molecule has 4 heterocycles. The van der Waals surface area contributed by atoms with Crippen LogP contribution in [0.4, 0.5) is 14.5 Å². The summed E-state index contributed by atoms with van der Waals surface area (Å²) in [5.41, 5.74) is 8.12. The molecule has 1 aromatic carbocycles. The fourth-order valence-corrected chi connectivity index (χ4v) is 5.81. The van der Waals surface area contributed by atoms with Gasteiger partial charge in [0.2, 0.25) is 0 Å². The molecule has 4 aromatic heterocycles. The van der Waals surface area contributed by atoms with Gasteiger partial charge in [-0.05, 0) is 67.6 Å². The van der Waals surface area contributed by atoms with Crippen LogP contribution in [0.2, 0.25) is 0 Å². The van der Waals surface area contributed by atoms with Crippen molar-refractivity contribution in [2.75, 3.05) is 5.32 Å². The molecule has 0 aliphatic rings. The molecule has 5 rings (SSSR count). The average Bonchev–Trinajstić information content (AvgIpc) is 3.72. The zero-order valence-electron chi connectivity index (χ0n) is 24.1. The van der Waals surface area contributed by atoms with Gasteiger partial charge in [-0.1, -0.05) is 26.0 Å². The molecule has 0 spiro atoms. The quantitative estimate of drug-likeness (QED) is 0.161. The largest absolute Gasteiger partial charge is 0.486 e. The second-order valence-electron chi connectivity index (χ2n) is 10.1. The molecule has 9 nitrogen and oxygen atoms in total. The molecule has 1 atom stereocenters. The maximum Gasteiger partial charge on any atom is 0.291 e. The lowest BCUT2D eigenvalue weighted by Crippen LogP contribution is -2.16. The van der Waals surface area contributed by atoms with E-state index in [9.17, 15) is 18.4 Å². The molecule has 0 saturated heterocycles. The van der Waals surface area contributed by atoms with E-state index in [0.29, 0.717) is 40.5 Å². The van der Waals surface area contributed by atoms with E-state index in [2.05, 4.69) is 29.2 Å². The van der Waals surface area contributed by atoms with E-state index in [0.717, 1.165) is 23.5 Å². The van der Waals surface area contributed by atoms with Gasteiger partial charge in [-0.25, -0.2) is 13.8 Å². The van der Waals surface area contributed by atoms with E-state index in [-0.39, 0.29) is 27.8 Å². The highest BCUT2D eigenvalue weighted by Crippen LogP contribution is 2.43. The number of fused-ring (bicyclic) bond motifs is 1. The predicted octanol–water partition coefficient (Wildman–Crippen LogP) is 7.46. The Morgan fingerprint density at radius 3 is 2.51 bits per heavy atom. The minimum atomic E-state index is -2.86. The van der Waals surface area contributed by atoms with E-state index in [1.54, 1.807) is 16.9 Å². The number of halogens is 2. The van der Waals surface area contributed by atoms with Crippen LogP contribution < -0.4 is 15.8 Å². The third kappa shape index (κ3) is 6.00. The van der Waals surface area contributed by atoms with Gasteiger partial charge >= 0.3 is 0 Å². The molecule has 0 saturated carbocycles. The number of pyridine rings is 1. The smallest absolute Gasteiger partial charge is 0.291 e. The Labute approximate surface area is 250 Å². The van der Waals surface area contributed by atoms with Gasteiger partial charge in [0.05, 0.1) is 11.9 Å². The first-order valence-corrected chi connectivity index (χ1v) is 14.6. The van der Waals surface area contributed by atoms with Crippen molar-refractivity contribution in [3.63, 3.8) is 0 Å². The van der Waals surface area contributed by atoms with Crippen molar-refractivity contribution in [3.05, 3.63) is 82.0 Å². The number of anilines is 1. The number of nitrogens with two attached hydrogens (primary N) is 1. The van der Waals surface area contributed by atoms with Gasteiger partial charge < -0.3 is 20.2 Å². The summed E-state index contributed by atoms with van der Waals surface area (Å²) in [6, 6.07) is 12.2. The lowest BCUT2D eigenvalue weighted by Gasteiger charge is -2.11. The summed E-state index contributed by atoms with van der Waals surface area (Å²) in [4.78, 5) is 30.0. The molecule has 5 aromatic rings. The molecule has 0 bridgehead atoms. The normalized spacial score (nSPS) is 12.2. The number of ether oxygens (including phenoxy) is 1. The highest BCUT2D eigenvalue weighted by Gasteiger charge is 2.27. The highest BCUT2D eigenvalue weighted by atomic mass is 32.1. The first-order valence-electron chi connectivity index (χ1n) is 13.8. The Morgan fingerprint density at radius 1 is 1.14 bits per heavy atom. The van der Waals surface area contributed by atoms with Crippen molar-refractivity contribution < 1.29 is 27.5 Å². The van der Waals surface area contributed by atoms with Gasteiger partial charge in [0.15, 0.2) is 5.76 Å². The summed E-state index contributed by atoms with van der Waals surface area (Å²) in [5, 5.41) is 7.37. The van der Waals surface area contributed by atoms with Crippen molar-refractivity contribution >= 4 is 39.1 Å². The third-order valence-corrected chi connectivity index (χ3v) is 8.49. The van der Waals surface area contributed by atoms with Gasteiger partial charge in [-0.3, -0.25) is 14.3 Å². The van der Waals surface area contributed by atoms with Crippen LogP contribution in [0.1, 0.15) is 82.5 Å². The Hall–Kier alpha value is -4.58. The molecule has 2 amide bonds. The number of primary amides is 1. The van der Waals surface area contributed by atoms with E-state index in [1.807, 2.05) is 38.1 Å². The number of amides is 2. The number of thiophene rings is 1. The molecule has 3 N–H and O–H groups in total. The second kappa shape index (κ2) is 12.3. The lowest BCUT2D eigenvalue weighted by atomic mass is 9.99. The molecule has 12 heteroatoms. The van der Waals surface area contributed by atoms with Crippen LogP contribution in [0.5, 0.6) is 5.75 Å². The highest BCUT2D eigenvalue weighted by molar-refractivity contribution is 7.21. The monoisotopic (exact) mass is 607 g/mol. The minimum Gasteiger partial charge on any atom is -0.486 e. The summed E-state index contributed by atoms with van der Waals surface area (Å²) >= 11 is 0.831. The number of aryl methyl sites for hydroxylation is 1. The summed E-state index contributed by atoms with van der Waals surface area (Å²) in [6.45, 7) is 8.67. The molecule has 1 unspecified atom stereocenters. The Morgan fingerprint density at radius 2 is 1.88 bits per heavy atom. The number of hydrogen-bond donors (Lipinski definition) is 2. The third-order valence-electron chi connectivity index (χ3n) is 7.39. The van der Waals surface area contributed by atoms with Crippen molar-refractivity contribution in [1.82, 2.24) is 14.8 Å². The van der Waals surface area contributed by atoms with Gasteiger partial charge in [-0.15, -0.1) is 11.3 Å². The Balaban J connectivity index is 1.45. The summed E-state index contributed by atoms with van der Waals surface area (Å²) in [5.74, 6) is -0.00260. The first-order chi connectivity index (χ1) is 20.6. The predicted molar refractivity (Wildman–Crippen MR) is 161 cm³/mol. The maximum absolute atomic E-state index is 13.8. The van der Waals surface area contributed by atoms with Crippen LogP contribution in [-0.4, -0.2) is 26.6 Å². The van der Waals surface area contributed by atoms with E-state index < -0.39 is 23.9 Å². The van der Waals surface area contributed by atoms with Crippen LogP contribution in [-0.2, 0) is 13.2 Å². The van der Waals surface area contributed by atoms with Crippen molar-refractivity contribution in [2.45, 2.75) is 59.6 Å². The maximum atomic E-state index is 13.8. The average molecular weight is 608 g/mol. The van der Waals surface area contributed by atoms with Crippen LogP contribution in [0.25, 0.3) is 21.3 Å². The number of carbonyl (C=O) groups is 2. The first kappa shape index (κ1) is 29.9. The number of nitrogens with zero attached hydrogens (tertiary/aromatic N) is 3. The van der Waals surface area contributed by atoms with E-state index in [4.69, 9.17) is 14.9 Å². The van der Waals surface area contributed by atoms with Crippen molar-refractivity contribution in [3.8, 4) is 16.9 Å². The molecular weight excluding hydrogens is 576 g/mol. The fraction of sp³-hybridized carbons (Fsp3) is 0.290. The molecule has 224 valence electrons. The number of benzene rings is 1. The molecular formula is C31H31F2N5O4S.